The third-order valence-corrected chi connectivity index (χ3v) is 5.23. The summed E-state index contributed by atoms with van der Waals surface area (Å²) in [4.78, 5) is 35.6. The van der Waals surface area contributed by atoms with E-state index in [0.717, 1.165) is 10.0 Å². The van der Waals surface area contributed by atoms with Crippen molar-refractivity contribution in [2.75, 3.05) is 13.7 Å². The van der Waals surface area contributed by atoms with Crippen LogP contribution in [-0.4, -0.2) is 41.6 Å². The topological polar surface area (TPSA) is 105 Å². The minimum atomic E-state index is -1.28. The first-order valence-corrected chi connectivity index (χ1v) is 10.2. The number of benzene rings is 2. The lowest BCUT2D eigenvalue weighted by Gasteiger charge is -2.14. The normalized spacial score (nSPS) is 14.8. The minimum absolute atomic E-state index is 0.0290. The highest BCUT2D eigenvalue weighted by Gasteiger charge is 2.34. The zero-order chi connectivity index (χ0) is 21.8. The molecule has 1 fully saturated rings. The second-order valence-corrected chi connectivity index (χ2v) is 7.99. The third kappa shape index (κ3) is 5.00. The number of urea groups is 1. The molecule has 0 atom stereocenters. The largest absolute Gasteiger partial charge is 0.493 e. The summed E-state index contributed by atoms with van der Waals surface area (Å²) < 4.78 is 12.9. The van der Waals surface area contributed by atoms with Crippen LogP contribution in [0.1, 0.15) is 11.1 Å². The molecule has 1 aliphatic rings. The van der Waals surface area contributed by atoms with Gasteiger partial charge in [0.2, 0.25) is 0 Å². The van der Waals surface area contributed by atoms with Gasteiger partial charge in [-0.05, 0) is 57.4 Å². The molecule has 0 unspecified atom stereocenters. The molecule has 2 aromatic carbocycles. The van der Waals surface area contributed by atoms with E-state index < -0.39 is 24.5 Å². The summed E-state index contributed by atoms with van der Waals surface area (Å²) in [6.07, 6.45) is 1.44. The number of amides is 3. The van der Waals surface area contributed by atoms with Crippen LogP contribution >= 0.6 is 31.9 Å². The highest BCUT2D eigenvalue weighted by Crippen LogP contribution is 2.38. The molecule has 2 aromatic rings. The number of halogens is 2. The number of ether oxygens (including phenoxy) is 2. The summed E-state index contributed by atoms with van der Waals surface area (Å²) in [5, 5.41) is 11.2. The third-order valence-electron chi connectivity index (χ3n) is 4.11. The van der Waals surface area contributed by atoms with Gasteiger partial charge in [0.15, 0.2) is 11.5 Å². The molecule has 1 saturated heterocycles. The Labute approximate surface area is 188 Å². The Morgan fingerprint density at radius 3 is 2.53 bits per heavy atom. The van der Waals surface area contributed by atoms with Crippen molar-refractivity contribution in [3.63, 3.8) is 0 Å². The lowest BCUT2D eigenvalue weighted by Crippen LogP contribution is -2.35. The molecule has 10 heteroatoms. The number of carbonyl (C=O) groups excluding carboxylic acids is 2. The fourth-order valence-electron chi connectivity index (χ4n) is 2.72. The molecule has 8 nitrogen and oxygen atoms in total. The van der Waals surface area contributed by atoms with Gasteiger partial charge < -0.3 is 19.9 Å². The van der Waals surface area contributed by atoms with Gasteiger partial charge in [0.05, 0.1) is 11.6 Å². The van der Waals surface area contributed by atoms with Gasteiger partial charge in [-0.1, -0.05) is 28.1 Å². The van der Waals surface area contributed by atoms with Gasteiger partial charge in [-0.25, -0.2) is 9.69 Å². The van der Waals surface area contributed by atoms with Crippen molar-refractivity contribution in [1.29, 1.82) is 0 Å². The molecule has 0 spiro atoms. The van der Waals surface area contributed by atoms with E-state index in [1.165, 1.54) is 13.2 Å². The smallest absolute Gasteiger partial charge is 0.329 e. The maximum atomic E-state index is 12.3. The lowest BCUT2D eigenvalue weighted by molar-refractivity contribution is -0.140. The van der Waals surface area contributed by atoms with Crippen molar-refractivity contribution in [1.82, 2.24) is 10.2 Å². The Hall–Kier alpha value is -2.85. The molecule has 0 saturated carbocycles. The minimum Gasteiger partial charge on any atom is -0.493 e. The van der Waals surface area contributed by atoms with E-state index in [0.29, 0.717) is 33.0 Å². The second-order valence-electron chi connectivity index (χ2n) is 6.22. The Balaban J connectivity index is 1.82. The summed E-state index contributed by atoms with van der Waals surface area (Å²) in [5.74, 6) is -1.09. The molecule has 1 heterocycles. The Kier molecular flexibility index (Phi) is 6.78. The number of carboxylic acid groups (broad SMARTS) is 1. The SMILES string of the molecule is COc1cc(/C=C2/NC(=O)N(CC(=O)O)C2=O)cc(Br)c1OCc1ccc(Br)cc1. The van der Waals surface area contributed by atoms with Crippen LogP contribution in [0.4, 0.5) is 4.79 Å². The molecule has 0 bridgehead atoms. The van der Waals surface area contributed by atoms with E-state index in [4.69, 9.17) is 14.6 Å². The lowest BCUT2D eigenvalue weighted by atomic mass is 10.1. The summed E-state index contributed by atoms with van der Waals surface area (Å²) in [6, 6.07) is 10.3. The fourth-order valence-corrected chi connectivity index (χ4v) is 3.55. The van der Waals surface area contributed by atoms with Gasteiger partial charge in [-0.2, -0.15) is 0 Å². The van der Waals surface area contributed by atoms with Gasteiger partial charge in [0, 0.05) is 4.47 Å². The molecule has 30 heavy (non-hydrogen) atoms. The molecule has 3 rings (SSSR count). The van der Waals surface area contributed by atoms with Crippen LogP contribution < -0.4 is 14.8 Å². The summed E-state index contributed by atoms with van der Waals surface area (Å²) >= 11 is 6.83. The molecule has 0 radical (unpaired) electrons. The standard InChI is InChI=1S/C20H16Br2N2O6/c1-29-16-8-12(7-15-19(27)24(9-17(25)26)20(28)23-15)6-14(22)18(16)30-10-11-2-4-13(21)5-3-11/h2-8H,9-10H2,1H3,(H,23,28)(H,25,26)/b15-7+. The van der Waals surface area contributed by atoms with Crippen molar-refractivity contribution >= 4 is 55.8 Å². The monoisotopic (exact) mass is 538 g/mol. The number of hydrogen-bond donors (Lipinski definition) is 2. The Morgan fingerprint density at radius 2 is 1.90 bits per heavy atom. The van der Waals surface area contributed by atoms with Gasteiger partial charge in [-0.15, -0.1) is 0 Å². The quantitative estimate of drug-likeness (QED) is 0.410. The van der Waals surface area contributed by atoms with Gasteiger partial charge in [0.25, 0.3) is 5.91 Å². The van der Waals surface area contributed by atoms with Gasteiger partial charge >= 0.3 is 12.0 Å². The fraction of sp³-hybridized carbons (Fsp3) is 0.150. The van der Waals surface area contributed by atoms with Crippen molar-refractivity contribution in [3.8, 4) is 11.5 Å². The number of rotatable bonds is 7. The van der Waals surface area contributed by atoms with E-state index in [9.17, 15) is 14.4 Å². The Bertz CT molecular complexity index is 1040. The van der Waals surface area contributed by atoms with E-state index in [-0.39, 0.29) is 5.70 Å². The number of aliphatic carboxylic acids is 1. The highest BCUT2D eigenvalue weighted by molar-refractivity contribution is 9.10. The van der Waals surface area contributed by atoms with E-state index in [1.54, 1.807) is 12.1 Å². The highest BCUT2D eigenvalue weighted by atomic mass is 79.9. The van der Waals surface area contributed by atoms with Crippen molar-refractivity contribution < 1.29 is 29.0 Å². The number of nitrogens with one attached hydrogen (secondary N) is 1. The summed E-state index contributed by atoms with van der Waals surface area (Å²) in [6.45, 7) is -0.390. The number of nitrogens with zero attached hydrogens (tertiary/aromatic N) is 1. The maximum Gasteiger partial charge on any atom is 0.329 e. The average Bonchev–Trinajstić information content (AvgIpc) is 2.95. The van der Waals surface area contributed by atoms with Crippen molar-refractivity contribution in [2.45, 2.75) is 6.61 Å². The van der Waals surface area contributed by atoms with Crippen LogP contribution in [0.25, 0.3) is 6.08 Å². The first kappa shape index (κ1) is 21.8. The number of carboxylic acids is 1. The van der Waals surface area contributed by atoms with Crippen LogP contribution in [-0.2, 0) is 16.2 Å². The predicted octanol–water partition coefficient (Wildman–Crippen LogP) is 3.78. The first-order valence-electron chi connectivity index (χ1n) is 8.59. The zero-order valence-corrected chi connectivity index (χ0v) is 18.8. The second kappa shape index (κ2) is 9.31. The predicted molar refractivity (Wildman–Crippen MR) is 115 cm³/mol. The average molecular weight is 540 g/mol. The molecule has 2 N–H and O–H groups in total. The van der Waals surface area contributed by atoms with E-state index in [2.05, 4.69) is 37.2 Å². The molecular formula is C20H16Br2N2O6. The molecule has 0 aliphatic carbocycles. The van der Waals surface area contributed by atoms with Crippen molar-refractivity contribution in [3.05, 3.63) is 62.2 Å². The van der Waals surface area contributed by atoms with Gasteiger partial charge in [-0.3, -0.25) is 9.59 Å². The Morgan fingerprint density at radius 1 is 1.20 bits per heavy atom. The summed E-state index contributed by atoms with van der Waals surface area (Å²) in [5.41, 5.74) is 1.49. The molecule has 156 valence electrons. The van der Waals surface area contributed by atoms with E-state index >= 15 is 0 Å². The maximum absolute atomic E-state index is 12.3. The van der Waals surface area contributed by atoms with E-state index in [1.807, 2.05) is 24.3 Å². The number of imide groups is 1. The van der Waals surface area contributed by atoms with Crippen LogP contribution in [0.3, 0.4) is 0 Å². The zero-order valence-electron chi connectivity index (χ0n) is 15.6. The molecule has 1 aliphatic heterocycles. The number of hydrogen-bond acceptors (Lipinski definition) is 5. The molecule has 0 aromatic heterocycles. The van der Waals surface area contributed by atoms with Crippen LogP contribution in [0.2, 0.25) is 0 Å². The van der Waals surface area contributed by atoms with Crippen LogP contribution in [0.5, 0.6) is 11.5 Å². The number of methoxy groups -OCH3 is 1. The van der Waals surface area contributed by atoms with Crippen molar-refractivity contribution in [2.24, 2.45) is 0 Å². The summed E-state index contributed by atoms with van der Waals surface area (Å²) in [7, 11) is 1.49. The number of carbonyl (C=O) groups is 3. The first-order chi connectivity index (χ1) is 14.3. The molecule has 3 amide bonds. The van der Waals surface area contributed by atoms with Crippen LogP contribution in [0, 0.1) is 0 Å². The molecular weight excluding hydrogens is 524 g/mol. The van der Waals surface area contributed by atoms with Crippen LogP contribution in [0.15, 0.2) is 51.0 Å². The van der Waals surface area contributed by atoms with Gasteiger partial charge in [0.1, 0.15) is 18.8 Å².